The molecule has 1 aromatic carbocycles. The molecule has 0 radical (unpaired) electrons. The maximum Gasteiger partial charge on any atom is 0.244 e. The molecular weight excluding hydrogens is 428 g/mol. The molecule has 0 spiro atoms. The van der Waals surface area contributed by atoms with Gasteiger partial charge < -0.3 is 4.90 Å². The second-order valence-electron chi connectivity index (χ2n) is 7.41. The van der Waals surface area contributed by atoms with Crippen LogP contribution in [0, 0.1) is 17.2 Å². The van der Waals surface area contributed by atoms with E-state index in [9.17, 15) is 26.9 Å². The van der Waals surface area contributed by atoms with Crippen molar-refractivity contribution in [2.75, 3.05) is 45.0 Å². The molecule has 2 heterocycles. The lowest BCUT2D eigenvalue weighted by Gasteiger charge is -2.37. The molecule has 0 atom stereocenters. The second-order valence-corrected chi connectivity index (χ2v) is 11.6. The Bertz CT molecular complexity index is 1030. The quantitative estimate of drug-likeness (QED) is 0.637. The zero-order chi connectivity index (χ0) is 21.9. The highest BCUT2D eigenvalue weighted by Crippen LogP contribution is 2.24. The minimum absolute atomic E-state index is 0.0169. The molecule has 0 unspecified atom stereocenters. The van der Waals surface area contributed by atoms with Crippen LogP contribution in [0.2, 0.25) is 0 Å². The third kappa shape index (κ3) is 4.51. The topological polar surface area (TPSA) is 119 Å². The van der Waals surface area contributed by atoms with E-state index < -0.39 is 20.0 Å². The summed E-state index contributed by atoms with van der Waals surface area (Å²) in [5, 5.41) is 9.20. The van der Waals surface area contributed by atoms with Crippen molar-refractivity contribution in [3.05, 3.63) is 29.8 Å². The molecule has 30 heavy (non-hydrogen) atoms. The van der Waals surface area contributed by atoms with Crippen molar-refractivity contribution in [3.63, 3.8) is 0 Å². The first-order valence-corrected chi connectivity index (χ1v) is 13.0. The van der Waals surface area contributed by atoms with E-state index in [-0.39, 0.29) is 54.2 Å². The average Bonchev–Trinajstić information content (AvgIpc) is 2.78. The summed E-state index contributed by atoms with van der Waals surface area (Å²) >= 11 is 0. The lowest BCUT2D eigenvalue weighted by Crippen LogP contribution is -2.53. The van der Waals surface area contributed by atoms with Crippen LogP contribution < -0.4 is 0 Å². The van der Waals surface area contributed by atoms with Gasteiger partial charge in [0.25, 0.3) is 0 Å². The summed E-state index contributed by atoms with van der Waals surface area (Å²) in [6.07, 6.45) is 0.957. The SMILES string of the molecule is CCS(=O)(=O)N1CCC(C(=O)N2CCN(S(=O)(=O)c3ccccc3C#N)CC2)CC1. The first-order valence-electron chi connectivity index (χ1n) is 9.96. The monoisotopic (exact) mass is 454 g/mol. The van der Waals surface area contributed by atoms with Crippen LogP contribution in [0.5, 0.6) is 0 Å². The molecule has 2 aliphatic rings. The largest absolute Gasteiger partial charge is 0.340 e. The third-order valence-electron chi connectivity index (χ3n) is 5.74. The molecule has 0 bridgehead atoms. The predicted octanol–water partition coefficient (Wildman–Crippen LogP) is 0.453. The Labute approximate surface area is 178 Å². The summed E-state index contributed by atoms with van der Waals surface area (Å²) in [5.74, 6) is -0.231. The van der Waals surface area contributed by atoms with Gasteiger partial charge >= 0.3 is 0 Å². The fourth-order valence-corrected chi connectivity index (χ4v) is 6.59. The van der Waals surface area contributed by atoms with Crippen LogP contribution in [0.25, 0.3) is 0 Å². The number of carbonyl (C=O) groups is 1. The minimum Gasteiger partial charge on any atom is -0.340 e. The van der Waals surface area contributed by atoms with E-state index in [1.807, 2.05) is 6.07 Å². The highest BCUT2D eigenvalue weighted by atomic mass is 32.2. The van der Waals surface area contributed by atoms with Crippen LogP contribution in [-0.2, 0) is 24.8 Å². The van der Waals surface area contributed by atoms with Crippen molar-refractivity contribution < 1.29 is 21.6 Å². The molecular formula is C19H26N4O5S2. The molecule has 3 rings (SSSR count). The second kappa shape index (κ2) is 9.01. The van der Waals surface area contributed by atoms with Crippen molar-refractivity contribution in [1.82, 2.24) is 13.5 Å². The van der Waals surface area contributed by atoms with Crippen molar-refractivity contribution in [1.29, 1.82) is 5.26 Å². The van der Waals surface area contributed by atoms with E-state index >= 15 is 0 Å². The Kier molecular flexibility index (Phi) is 6.81. The van der Waals surface area contributed by atoms with Gasteiger partial charge in [0.15, 0.2) is 0 Å². The van der Waals surface area contributed by atoms with Gasteiger partial charge in [-0.2, -0.15) is 9.57 Å². The molecule has 0 aromatic heterocycles. The van der Waals surface area contributed by atoms with E-state index in [2.05, 4.69) is 0 Å². The fourth-order valence-electron chi connectivity index (χ4n) is 3.89. The lowest BCUT2D eigenvalue weighted by molar-refractivity contribution is -0.137. The molecule has 2 aliphatic heterocycles. The molecule has 1 aromatic rings. The van der Waals surface area contributed by atoms with E-state index in [0.29, 0.717) is 25.9 Å². The number of carbonyl (C=O) groups excluding carboxylic acids is 1. The number of hydrogen-bond donors (Lipinski definition) is 0. The number of amides is 1. The van der Waals surface area contributed by atoms with Gasteiger partial charge in [-0.15, -0.1) is 0 Å². The first kappa shape index (κ1) is 22.7. The number of piperazine rings is 1. The van der Waals surface area contributed by atoms with Crippen LogP contribution in [-0.4, -0.2) is 81.3 Å². The summed E-state index contributed by atoms with van der Waals surface area (Å²) in [7, 11) is -7.04. The van der Waals surface area contributed by atoms with Crippen molar-refractivity contribution in [2.24, 2.45) is 5.92 Å². The standard InChI is InChI=1S/C19H26N4O5S2/c1-2-29(25,26)22-9-7-16(8-10-22)19(24)21-11-13-23(14-12-21)30(27,28)18-6-4-3-5-17(18)15-20/h3-6,16H,2,7-14H2,1H3. The Morgan fingerprint density at radius 3 is 2.17 bits per heavy atom. The van der Waals surface area contributed by atoms with Crippen LogP contribution in [0.4, 0.5) is 0 Å². The van der Waals surface area contributed by atoms with Crippen molar-refractivity contribution in [2.45, 2.75) is 24.7 Å². The number of nitrogens with zero attached hydrogens (tertiary/aromatic N) is 4. The number of benzene rings is 1. The number of rotatable bonds is 5. The summed E-state index contributed by atoms with van der Waals surface area (Å²) < 4.78 is 52.5. The highest BCUT2D eigenvalue weighted by molar-refractivity contribution is 7.89. The molecule has 1 amide bonds. The number of nitriles is 1. The Hall–Kier alpha value is -2.00. The van der Waals surface area contributed by atoms with E-state index in [4.69, 9.17) is 0 Å². The maximum atomic E-state index is 12.9. The highest BCUT2D eigenvalue weighted by Gasteiger charge is 2.36. The van der Waals surface area contributed by atoms with Gasteiger partial charge in [-0.1, -0.05) is 12.1 Å². The van der Waals surface area contributed by atoms with Gasteiger partial charge in [-0.3, -0.25) is 4.79 Å². The third-order valence-corrected chi connectivity index (χ3v) is 9.58. The molecule has 0 N–H and O–H groups in total. The van der Waals surface area contributed by atoms with Crippen LogP contribution in [0.1, 0.15) is 25.3 Å². The van der Waals surface area contributed by atoms with Crippen molar-refractivity contribution in [3.8, 4) is 6.07 Å². The maximum absolute atomic E-state index is 12.9. The normalized spacial score (nSPS) is 20.1. The zero-order valence-corrected chi connectivity index (χ0v) is 18.5. The molecule has 2 saturated heterocycles. The summed E-state index contributed by atoms with van der Waals surface area (Å²) in [6, 6.07) is 8.00. The Morgan fingerprint density at radius 2 is 1.60 bits per heavy atom. The molecule has 164 valence electrons. The van der Waals surface area contributed by atoms with E-state index in [1.54, 1.807) is 24.0 Å². The smallest absolute Gasteiger partial charge is 0.244 e. The van der Waals surface area contributed by atoms with Crippen LogP contribution in [0.3, 0.4) is 0 Å². The summed E-state index contributed by atoms with van der Waals surface area (Å²) in [4.78, 5) is 14.5. The molecule has 0 saturated carbocycles. The Balaban J connectivity index is 1.59. The van der Waals surface area contributed by atoms with Crippen LogP contribution >= 0.6 is 0 Å². The van der Waals surface area contributed by atoms with Crippen molar-refractivity contribution >= 4 is 26.0 Å². The van der Waals surface area contributed by atoms with E-state index in [1.165, 1.54) is 20.7 Å². The van der Waals surface area contributed by atoms with Gasteiger partial charge in [-0.05, 0) is 31.9 Å². The number of hydrogen-bond acceptors (Lipinski definition) is 6. The predicted molar refractivity (Wildman–Crippen MR) is 110 cm³/mol. The molecule has 9 nitrogen and oxygen atoms in total. The summed E-state index contributed by atoms with van der Waals surface area (Å²) in [5.41, 5.74) is 0.102. The minimum atomic E-state index is -3.81. The molecule has 0 aliphatic carbocycles. The fraction of sp³-hybridized carbons (Fsp3) is 0.579. The zero-order valence-electron chi connectivity index (χ0n) is 16.9. The van der Waals surface area contributed by atoms with Gasteiger partial charge in [-0.25, -0.2) is 21.1 Å². The van der Waals surface area contributed by atoms with E-state index in [0.717, 1.165) is 0 Å². The van der Waals surface area contributed by atoms with Gasteiger partial charge in [0.1, 0.15) is 6.07 Å². The lowest BCUT2D eigenvalue weighted by atomic mass is 9.96. The number of sulfonamides is 2. The van der Waals surface area contributed by atoms with Gasteiger partial charge in [0.05, 0.1) is 16.2 Å². The van der Waals surface area contributed by atoms with Gasteiger partial charge in [0, 0.05) is 45.2 Å². The molecule has 2 fully saturated rings. The van der Waals surface area contributed by atoms with Crippen LogP contribution in [0.15, 0.2) is 29.2 Å². The average molecular weight is 455 g/mol. The Morgan fingerprint density at radius 1 is 1.00 bits per heavy atom. The first-order chi connectivity index (χ1) is 14.2. The van der Waals surface area contributed by atoms with Gasteiger partial charge in [0.2, 0.25) is 26.0 Å². The molecule has 11 heteroatoms. The summed E-state index contributed by atoms with van der Waals surface area (Å²) in [6.45, 7) is 3.17. The number of piperidine rings is 1.